The molecule has 0 bridgehead atoms. The van der Waals surface area contributed by atoms with Crippen molar-refractivity contribution in [3.63, 3.8) is 0 Å². The highest BCUT2D eigenvalue weighted by atomic mass is 35.5. The fraction of sp³-hybridized carbons (Fsp3) is 0. The Morgan fingerprint density at radius 3 is 0.582 bits per heavy atom. The Bertz CT molecular complexity index is 2520. The van der Waals surface area contributed by atoms with Crippen molar-refractivity contribution in [2.45, 2.75) is 0 Å². The maximum absolute atomic E-state index is 6.60. The van der Waals surface area contributed by atoms with Crippen molar-refractivity contribution < 1.29 is 0 Å². The highest BCUT2D eigenvalue weighted by molar-refractivity contribution is 6.30. The van der Waals surface area contributed by atoms with Crippen molar-refractivity contribution in [1.82, 2.24) is 0 Å². The molecule has 0 radical (unpaired) electrons. The minimum Gasteiger partial charge on any atom is -0.0843 e. The van der Waals surface area contributed by atoms with Gasteiger partial charge in [0.25, 0.3) is 0 Å². The van der Waals surface area contributed by atoms with Crippen LogP contribution in [0, 0.1) is 0 Å². The normalized spacial score (nSPS) is 11.0. The lowest BCUT2D eigenvalue weighted by molar-refractivity contribution is 1.51. The summed E-state index contributed by atoms with van der Waals surface area (Å²) < 4.78 is 0. The topological polar surface area (TPSA) is 0 Å². The fourth-order valence-corrected chi connectivity index (χ4v) is 7.96. The molecule has 9 aromatic carbocycles. The van der Waals surface area contributed by atoms with Gasteiger partial charge in [-0.15, -0.1) is 0 Å². The van der Waals surface area contributed by atoms with Crippen LogP contribution in [0.25, 0.3) is 89.0 Å². The number of halogens is 1. The van der Waals surface area contributed by atoms with Crippen molar-refractivity contribution in [2.24, 2.45) is 0 Å². The second kappa shape index (κ2) is 15.3. The molecular weight excluding hydrogens is 684 g/mol. The van der Waals surface area contributed by atoms with Crippen molar-refractivity contribution in [3.8, 4) is 89.0 Å². The monoisotopic (exact) mass is 720 g/mol. The summed E-state index contributed by atoms with van der Waals surface area (Å²) in [6.45, 7) is 0. The van der Waals surface area contributed by atoms with E-state index >= 15 is 0 Å². The van der Waals surface area contributed by atoms with Crippen LogP contribution in [0.2, 0.25) is 5.02 Å². The molecule has 0 nitrogen and oxygen atoms in total. The third kappa shape index (κ3) is 6.81. The molecule has 0 heterocycles. The summed E-state index contributed by atoms with van der Waals surface area (Å²) in [6.07, 6.45) is 0. The number of hydrogen-bond acceptors (Lipinski definition) is 0. The molecule has 0 atom stereocenters. The molecule has 55 heavy (non-hydrogen) atoms. The molecule has 0 aliphatic heterocycles. The molecule has 0 aliphatic carbocycles. The van der Waals surface area contributed by atoms with Gasteiger partial charge in [-0.1, -0.05) is 224 Å². The van der Waals surface area contributed by atoms with E-state index in [4.69, 9.17) is 11.6 Å². The van der Waals surface area contributed by atoms with Crippen LogP contribution in [0.3, 0.4) is 0 Å². The van der Waals surface area contributed by atoms with Gasteiger partial charge in [-0.3, -0.25) is 0 Å². The van der Waals surface area contributed by atoms with Gasteiger partial charge in [0.1, 0.15) is 0 Å². The van der Waals surface area contributed by atoms with E-state index in [1.807, 2.05) is 12.1 Å². The average molecular weight is 721 g/mol. The second-order valence-electron chi connectivity index (χ2n) is 13.7. The molecule has 1 heteroatoms. The van der Waals surface area contributed by atoms with Crippen LogP contribution >= 0.6 is 11.6 Å². The molecule has 0 saturated carbocycles. The SMILES string of the molecule is Clc1ccc(-c2c(-c3ccccc3)c(-c3ccc(-c4ccccc4)cc3)c(-c3ccccc3)c(-c3ccc(-c4ccccc4)cc3)c2-c2ccccc2)cc1. The van der Waals surface area contributed by atoms with E-state index in [-0.39, 0.29) is 0 Å². The van der Waals surface area contributed by atoms with Crippen LogP contribution in [0.1, 0.15) is 0 Å². The highest BCUT2D eigenvalue weighted by Gasteiger charge is 2.29. The molecule has 0 saturated heterocycles. The van der Waals surface area contributed by atoms with E-state index in [9.17, 15) is 0 Å². The van der Waals surface area contributed by atoms with Gasteiger partial charge in [-0.25, -0.2) is 0 Å². The Morgan fingerprint density at radius 2 is 0.327 bits per heavy atom. The highest BCUT2D eigenvalue weighted by Crippen LogP contribution is 2.56. The minimum absolute atomic E-state index is 0.709. The van der Waals surface area contributed by atoms with Crippen molar-refractivity contribution in [3.05, 3.63) is 229 Å². The summed E-state index contributed by atoms with van der Waals surface area (Å²) in [5.41, 5.74) is 18.7. The van der Waals surface area contributed by atoms with E-state index in [1.165, 1.54) is 50.1 Å². The van der Waals surface area contributed by atoms with E-state index in [0.717, 1.165) is 38.9 Å². The smallest absolute Gasteiger partial charge is 0.0406 e. The number of rotatable bonds is 8. The van der Waals surface area contributed by atoms with Crippen molar-refractivity contribution >= 4 is 11.6 Å². The van der Waals surface area contributed by atoms with Crippen LogP contribution in [0.4, 0.5) is 0 Å². The zero-order chi connectivity index (χ0) is 37.0. The minimum atomic E-state index is 0.709. The van der Waals surface area contributed by atoms with E-state index in [1.54, 1.807) is 0 Å². The Hall–Kier alpha value is -6.73. The van der Waals surface area contributed by atoms with E-state index in [0.29, 0.717) is 5.02 Å². The molecule has 0 aromatic heterocycles. The maximum atomic E-state index is 6.60. The molecule has 0 unspecified atom stereocenters. The zero-order valence-corrected chi connectivity index (χ0v) is 31.0. The van der Waals surface area contributed by atoms with Gasteiger partial charge in [0.15, 0.2) is 0 Å². The van der Waals surface area contributed by atoms with Gasteiger partial charge < -0.3 is 0 Å². The largest absolute Gasteiger partial charge is 0.0843 e. The van der Waals surface area contributed by atoms with Crippen LogP contribution < -0.4 is 0 Å². The van der Waals surface area contributed by atoms with Gasteiger partial charge >= 0.3 is 0 Å². The Kier molecular flexibility index (Phi) is 9.49. The summed E-state index contributed by atoms with van der Waals surface area (Å²) in [4.78, 5) is 0. The first-order valence-electron chi connectivity index (χ1n) is 18.7. The fourth-order valence-electron chi connectivity index (χ4n) is 7.83. The summed E-state index contributed by atoms with van der Waals surface area (Å²) in [7, 11) is 0. The van der Waals surface area contributed by atoms with E-state index in [2.05, 4.69) is 212 Å². The average Bonchev–Trinajstić information content (AvgIpc) is 3.27. The summed E-state index contributed by atoms with van der Waals surface area (Å²) >= 11 is 6.60. The standard InChI is InChI=1S/C54H37Cl/c55-48-36-34-47(35-37-48)54-50(43-22-12-4-13-23-43)52(45-30-26-40(27-31-45)38-16-6-1-7-17-38)49(42-20-10-3-11-21-42)53(51(54)44-24-14-5-15-25-44)46-32-28-41(29-33-46)39-18-8-2-9-19-39/h1-37H. The first kappa shape index (κ1) is 34.1. The summed E-state index contributed by atoms with van der Waals surface area (Å²) in [6, 6.07) is 80.4. The summed E-state index contributed by atoms with van der Waals surface area (Å²) in [5, 5.41) is 0.709. The van der Waals surface area contributed by atoms with Crippen LogP contribution in [0.5, 0.6) is 0 Å². The number of benzene rings is 9. The lowest BCUT2D eigenvalue weighted by Crippen LogP contribution is -2.02. The first-order chi connectivity index (χ1) is 27.2. The predicted molar refractivity (Wildman–Crippen MR) is 235 cm³/mol. The van der Waals surface area contributed by atoms with Gasteiger partial charge in [0.2, 0.25) is 0 Å². The Balaban J connectivity index is 1.47. The molecule has 0 amide bonds. The molecule has 0 aliphatic rings. The molecule has 0 N–H and O–H groups in total. The van der Waals surface area contributed by atoms with Gasteiger partial charge in [-0.2, -0.15) is 0 Å². The quantitative estimate of drug-likeness (QED) is 0.147. The number of hydrogen-bond donors (Lipinski definition) is 0. The van der Waals surface area contributed by atoms with Gasteiger partial charge in [0, 0.05) is 5.02 Å². The molecule has 260 valence electrons. The lowest BCUT2D eigenvalue weighted by Gasteiger charge is -2.29. The first-order valence-corrected chi connectivity index (χ1v) is 19.1. The van der Waals surface area contributed by atoms with E-state index < -0.39 is 0 Å². The van der Waals surface area contributed by atoms with Crippen molar-refractivity contribution in [1.29, 1.82) is 0 Å². The third-order valence-electron chi connectivity index (χ3n) is 10.4. The Labute approximate surface area is 328 Å². The lowest BCUT2D eigenvalue weighted by atomic mass is 9.74. The molecule has 9 rings (SSSR count). The molecule has 0 fully saturated rings. The molecular formula is C54H37Cl. The van der Waals surface area contributed by atoms with Crippen LogP contribution in [-0.4, -0.2) is 0 Å². The second-order valence-corrected chi connectivity index (χ2v) is 14.2. The van der Waals surface area contributed by atoms with Gasteiger partial charge in [0.05, 0.1) is 0 Å². The van der Waals surface area contributed by atoms with Crippen molar-refractivity contribution in [2.75, 3.05) is 0 Å². The third-order valence-corrected chi connectivity index (χ3v) is 10.6. The van der Waals surface area contributed by atoms with Gasteiger partial charge in [-0.05, 0) is 101 Å². The summed E-state index contributed by atoms with van der Waals surface area (Å²) in [5.74, 6) is 0. The maximum Gasteiger partial charge on any atom is 0.0406 e. The molecule has 0 spiro atoms. The molecule has 9 aromatic rings. The Morgan fingerprint density at radius 1 is 0.164 bits per heavy atom. The van der Waals surface area contributed by atoms with Crippen LogP contribution in [-0.2, 0) is 0 Å². The zero-order valence-electron chi connectivity index (χ0n) is 30.2. The van der Waals surface area contributed by atoms with Crippen LogP contribution in [0.15, 0.2) is 224 Å². The predicted octanol–water partition coefficient (Wildman–Crippen LogP) is 15.7.